The van der Waals surface area contributed by atoms with Crippen LogP contribution in [0.2, 0.25) is 0 Å². The summed E-state index contributed by atoms with van der Waals surface area (Å²) in [6.07, 6.45) is 0. The van der Waals surface area contributed by atoms with E-state index in [1.165, 1.54) is 0 Å². The molecule has 0 aliphatic rings. The Morgan fingerprint density at radius 1 is 1.29 bits per heavy atom. The van der Waals surface area contributed by atoms with Gasteiger partial charge in [-0.3, -0.25) is 4.68 Å². The van der Waals surface area contributed by atoms with Crippen molar-refractivity contribution in [3.8, 4) is 11.4 Å². The molecule has 72 valence electrons. The van der Waals surface area contributed by atoms with Gasteiger partial charge in [-0.05, 0) is 19.1 Å². The van der Waals surface area contributed by atoms with E-state index in [9.17, 15) is 0 Å². The highest BCUT2D eigenvalue weighted by atomic mass is 79.9. The highest BCUT2D eigenvalue weighted by Crippen LogP contribution is 2.24. The van der Waals surface area contributed by atoms with Crippen LogP contribution in [0.1, 0.15) is 5.82 Å². The van der Waals surface area contributed by atoms with Gasteiger partial charge in [-0.15, -0.1) is 0 Å². The van der Waals surface area contributed by atoms with Gasteiger partial charge in [-0.2, -0.15) is 5.10 Å². The lowest BCUT2D eigenvalue weighted by Crippen LogP contribution is -1.92. The molecule has 1 heterocycles. The van der Waals surface area contributed by atoms with Gasteiger partial charge in [0.15, 0.2) is 5.82 Å². The Balaban J connectivity index is 2.55. The second kappa shape index (κ2) is 3.53. The number of rotatable bonds is 1. The van der Waals surface area contributed by atoms with Crippen LogP contribution in [0.25, 0.3) is 11.4 Å². The van der Waals surface area contributed by atoms with Gasteiger partial charge in [0.05, 0.1) is 0 Å². The van der Waals surface area contributed by atoms with Crippen LogP contribution in [0.4, 0.5) is 0 Å². The molecule has 0 bridgehead atoms. The Kier molecular flexibility index (Phi) is 2.37. The second-order valence-electron chi connectivity index (χ2n) is 3.09. The topological polar surface area (TPSA) is 30.7 Å². The van der Waals surface area contributed by atoms with Gasteiger partial charge < -0.3 is 0 Å². The predicted octanol–water partition coefficient (Wildman–Crippen LogP) is 2.55. The molecule has 0 unspecified atom stereocenters. The van der Waals surface area contributed by atoms with Gasteiger partial charge in [-0.25, -0.2) is 4.98 Å². The zero-order valence-electron chi connectivity index (χ0n) is 8.03. The first-order valence-electron chi connectivity index (χ1n) is 4.31. The van der Waals surface area contributed by atoms with E-state index >= 15 is 0 Å². The van der Waals surface area contributed by atoms with Gasteiger partial charge in [0.1, 0.15) is 5.82 Å². The summed E-state index contributed by atoms with van der Waals surface area (Å²) in [5.41, 5.74) is 1.02. The standard InChI is InChI=1S/C10H10BrN3/c1-7-12-10(13-14(7)2)8-5-3-4-6-9(8)11/h3-6H,1-2H3. The monoisotopic (exact) mass is 251 g/mol. The minimum atomic E-state index is 0.762. The van der Waals surface area contributed by atoms with E-state index in [0.717, 1.165) is 21.7 Å². The third-order valence-electron chi connectivity index (χ3n) is 2.10. The minimum Gasteiger partial charge on any atom is -0.253 e. The quantitative estimate of drug-likeness (QED) is 0.780. The largest absolute Gasteiger partial charge is 0.253 e. The summed E-state index contributed by atoms with van der Waals surface area (Å²) >= 11 is 3.48. The van der Waals surface area contributed by atoms with E-state index in [1.807, 2.05) is 38.2 Å². The van der Waals surface area contributed by atoms with Crippen molar-refractivity contribution < 1.29 is 0 Å². The lowest BCUT2D eigenvalue weighted by atomic mass is 10.2. The van der Waals surface area contributed by atoms with E-state index in [1.54, 1.807) is 4.68 Å². The van der Waals surface area contributed by atoms with Crippen LogP contribution in [0.5, 0.6) is 0 Å². The maximum absolute atomic E-state index is 4.36. The third-order valence-corrected chi connectivity index (χ3v) is 2.79. The summed E-state index contributed by atoms with van der Waals surface area (Å²) in [5, 5.41) is 4.32. The molecule has 0 amide bonds. The molecule has 0 spiro atoms. The number of hydrogen-bond acceptors (Lipinski definition) is 2. The highest BCUT2D eigenvalue weighted by Gasteiger charge is 2.08. The first kappa shape index (κ1) is 9.40. The van der Waals surface area contributed by atoms with Gasteiger partial charge in [0.2, 0.25) is 0 Å². The van der Waals surface area contributed by atoms with E-state index in [2.05, 4.69) is 26.0 Å². The number of halogens is 1. The van der Waals surface area contributed by atoms with Crippen LogP contribution in [0.15, 0.2) is 28.7 Å². The Morgan fingerprint density at radius 2 is 2.00 bits per heavy atom. The van der Waals surface area contributed by atoms with E-state index in [-0.39, 0.29) is 0 Å². The molecule has 2 rings (SSSR count). The van der Waals surface area contributed by atoms with Gasteiger partial charge >= 0.3 is 0 Å². The van der Waals surface area contributed by atoms with Crippen LogP contribution in [0, 0.1) is 6.92 Å². The normalized spacial score (nSPS) is 10.5. The molecule has 1 aromatic carbocycles. The Bertz CT molecular complexity index is 443. The summed E-state index contributed by atoms with van der Waals surface area (Å²) in [4.78, 5) is 4.36. The molecular formula is C10H10BrN3. The van der Waals surface area contributed by atoms with Gasteiger partial charge in [-0.1, -0.05) is 28.1 Å². The first-order chi connectivity index (χ1) is 6.68. The molecule has 0 aliphatic heterocycles. The minimum absolute atomic E-state index is 0.762. The Hall–Kier alpha value is -1.16. The zero-order valence-corrected chi connectivity index (χ0v) is 9.62. The van der Waals surface area contributed by atoms with Gasteiger partial charge in [0.25, 0.3) is 0 Å². The van der Waals surface area contributed by atoms with Crippen LogP contribution in [-0.2, 0) is 7.05 Å². The van der Waals surface area contributed by atoms with E-state index < -0.39 is 0 Å². The molecule has 2 aromatic rings. The van der Waals surface area contributed by atoms with E-state index in [4.69, 9.17) is 0 Å². The predicted molar refractivity (Wildman–Crippen MR) is 58.9 cm³/mol. The van der Waals surface area contributed by atoms with Crippen molar-refractivity contribution in [1.82, 2.24) is 14.8 Å². The Morgan fingerprint density at radius 3 is 2.57 bits per heavy atom. The molecule has 0 radical (unpaired) electrons. The number of nitrogens with zero attached hydrogens (tertiary/aromatic N) is 3. The molecule has 3 nitrogen and oxygen atoms in total. The van der Waals surface area contributed by atoms with E-state index in [0.29, 0.717) is 0 Å². The van der Waals surface area contributed by atoms with Crippen molar-refractivity contribution in [2.24, 2.45) is 7.05 Å². The van der Waals surface area contributed by atoms with Crippen molar-refractivity contribution in [2.45, 2.75) is 6.92 Å². The SMILES string of the molecule is Cc1nc(-c2ccccc2Br)nn1C. The number of aryl methyl sites for hydroxylation is 2. The maximum atomic E-state index is 4.36. The zero-order chi connectivity index (χ0) is 10.1. The fraction of sp³-hybridized carbons (Fsp3) is 0.200. The number of benzene rings is 1. The summed E-state index contributed by atoms with van der Waals surface area (Å²) < 4.78 is 2.79. The Labute approximate surface area is 90.9 Å². The summed E-state index contributed by atoms with van der Waals surface area (Å²) in [6.45, 7) is 1.94. The first-order valence-corrected chi connectivity index (χ1v) is 5.10. The van der Waals surface area contributed by atoms with Crippen molar-refractivity contribution in [1.29, 1.82) is 0 Å². The molecule has 4 heteroatoms. The molecule has 0 fully saturated rings. The van der Waals surface area contributed by atoms with Crippen LogP contribution in [-0.4, -0.2) is 14.8 Å². The summed E-state index contributed by atoms with van der Waals surface area (Å²) in [7, 11) is 1.89. The number of aromatic nitrogens is 3. The average molecular weight is 252 g/mol. The van der Waals surface area contributed by atoms with Crippen molar-refractivity contribution in [3.63, 3.8) is 0 Å². The lowest BCUT2D eigenvalue weighted by molar-refractivity contribution is 0.736. The third kappa shape index (κ3) is 1.57. The smallest absolute Gasteiger partial charge is 0.182 e. The van der Waals surface area contributed by atoms with Crippen LogP contribution in [0.3, 0.4) is 0 Å². The van der Waals surface area contributed by atoms with Crippen molar-refractivity contribution >= 4 is 15.9 Å². The summed E-state index contributed by atoms with van der Waals surface area (Å²) in [6, 6.07) is 7.94. The second-order valence-corrected chi connectivity index (χ2v) is 3.94. The highest BCUT2D eigenvalue weighted by molar-refractivity contribution is 9.10. The average Bonchev–Trinajstić information content (AvgIpc) is 2.48. The molecule has 0 saturated carbocycles. The molecule has 0 N–H and O–H groups in total. The molecular weight excluding hydrogens is 242 g/mol. The maximum Gasteiger partial charge on any atom is 0.182 e. The molecule has 0 aliphatic carbocycles. The number of hydrogen-bond donors (Lipinski definition) is 0. The lowest BCUT2D eigenvalue weighted by Gasteiger charge is -1.97. The molecule has 14 heavy (non-hydrogen) atoms. The van der Waals surface area contributed by atoms with Gasteiger partial charge in [0, 0.05) is 17.1 Å². The van der Waals surface area contributed by atoms with Crippen LogP contribution < -0.4 is 0 Å². The molecule has 1 aromatic heterocycles. The molecule has 0 atom stereocenters. The fourth-order valence-corrected chi connectivity index (χ4v) is 1.68. The molecule has 0 saturated heterocycles. The van der Waals surface area contributed by atoms with Crippen molar-refractivity contribution in [3.05, 3.63) is 34.6 Å². The fourth-order valence-electron chi connectivity index (χ4n) is 1.22. The summed E-state index contributed by atoms with van der Waals surface area (Å²) in [5.74, 6) is 1.67. The van der Waals surface area contributed by atoms with Crippen LogP contribution >= 0.6 is 15.9 Å². The van der Waals surface area contributed by atoms with Crippen molar-refractivity contribution in [2.75, 3.05) is 0 Å².